The van der Waals surface area contributed by atoms with Crippen LogP contribution in [0.3, 0.4) is 0 Å². The molecule has 1 aliphatic carbocycles. The Morgan fingerprint density at radius 3 is 2.72 bits per heavy atom. The Balaban J connectivity index is 1.39. The van der Waals surface area contributed by atoms with E-state index in [4.69, 9.17) is 16.3 Å². The number of rotatable bonds is 2. The SMILES string of the molecule is C[C@@H]1[C@@H](C)CCC[C@@](O)(Cc2nccs2)[C@@H]2CC[C@H]2CN2CCCCc3cc(Cl)ccc3COc3ccc(cc32)C(=O)NS1(=O)=O. The fraction of sp³-hybridized carbons (Fsp3) is 0.543. The molecule has 1 amide bonds. The number of aliphatic hydroxyl groups is 1. The number of halogens is 1. The summed E-state index contributed by atoms with van der Waals surface area (Å²) in [7, 11) is -3.94. The molecule has 1 saturated carbocycles. The summed E-state index contributed by atoms with van der Waals surface area (Å²) in [6, 6.07) is 11.1. The van der Waals surface area contributed by atoms with E-state index in [1.165, 1.54) is 5.56 Å². The van der Waals surface area contributed by atoms with E-state index in [9.17, 15) is 18.3 Å². The number of carbonyl (C=O) groups excluding carboxylic acids is 1. The first-order chi connectivity index (χ1) is 22.0. The van der Waals surface area contributed by atoms with E-state index in [0.717, 1.165) is 54.9 Å². The van der Waals surface area contributed by atoms with E-state index in [1.54, 1.807) is 42.7 Å². The lowest BCUT2D eigenvalue weighted by molar-refractivity contribution is -0.0880. The summed E-state index contributed by atoms with van der Waals surface area (Å²) >= 11 is 7.92. The molecule has 2 bridgehead atoms. The summed E-state index contributed by atoms with van der Waals surface area (Å²) in [5, 5.41) is 15.2. The van der Waals surface area contributed by atoms with Gasteiger partial charge in [0.15, 0.2) is 0 Å². The highest BCUT2D eigenvalue weighted by Crippen LogP contribution is 2.47. The van der Waals surface area contributed by atoms with Crippen molar-refractivity contribution in [3.8, 4) is 5.75 Å². The van der Waals surface area contributed by atoms with Crippen LogP contribution in [0.2, 0.25) is 5.02 Å². The lowest BCUT2D eigenvalue weighted by Crippen LogP contribution is -2.52. The highest BCUT2D eigenvalue weighted by molar-refractivity contribution is 7.90. The van der Waals surface area contributed by atoms with E-state index in [0.29, 0.717) is 49.6 Å². The number of thiazole rings is 1. The highest BCUT2D eigenvalue weighted by atomic mass is 35.5. The van der Waals surface area contributed by atoms with Crippen LogP contribution in [0.25, 0.3) is 0 Å². The molecule has 0 unspecified atom stereocenters. The molecular formula is C35H44ClN3O5S2. The molecule has 2 aromatic carbocycles. The minimum absolute atomic E-state index is 0.0844. The molecule has 248 valence electrons. The van der Waals surface area contributed by atoms with Gasteiger partial charge in [-0.3, -0.25) is 4.79 Å². The average Bonchev–Trinajstić information content (AvgIpc) is 3.50. The zero-order valence-corrected chi connectivity index (χ0v) is 29.0. The van der Waals surface area contributed by atoms with Gasteiger partial charge in [0.2, 0.25) is 10.0 Å². The molecule has 0 saturated heterocycles. The normalized spacial score (nSPS) is 28.8. The second-order valence-electron chi connectivity index (χ2n) is 13.5. The van der Waals surface area contributed by atoms with E-state index in [-0.39, 0.29) is 23.3 Å². The van der Waals surface area contributed by atoms with Crippen molar-refractivity contribution >= 4 is 44.6 Å². The van der Waals surface area contributed by atoms with Crippen molar-refractivity contribution < 1.29 is 23.1 Å². The van der Waals surface area contributed by atoms with Gasteiger partial charge in [-0.05, 0) is 111 Å². The smallest absolute Gasteiger partial charge is 0.264 e. The third-order valence-corrected chi connectivity index (χ3v) is 13.5. The number of aryl methyl sites for hydroxylation is 1. The van der Waals surface area contributed by atoms with Gasteiger partial charge in [0.05, 0.1) is 21.5 Å². The first-order valence-electron chi connectivity index (χ1n) is 16.5. The van der Waals surface area contributed by atoms with E-state index < -0.39 is 26.8 Å². The Labute approximate surface area is 281 Å². The minimum Gasteiger partial charge on any atom is -0.487 e. The van der Waals surface area contributed by atoms with Crippen molar-refractivity contribution in [2.45, 2.75) is 89.1 Å². The molecule has 3 aliphatic rings. The summed E-state index contributed by atoms with van der Waals surface area (Å²) in [5.74, 6) is 0.137. The number of sulfonamides is 1. The second-order valence-corrected chi connectivity index (χ2v) is 16.9. The van der Waals surface area contributed by atoms with Crippen LogP contribution in [-0.4, -0.2) is 48.4 Å². The molecule has 5 atom stereocenters. The number of fused-ring (bicyclic) bond motifs is 3. The van der Waals surface area contributed by atoms with Crippen LogP contribution >= 0.6 is 22.9 Å². The van der Waals surface area contributed by atoms with Crippen LogP contribution in [0.15, 0.2) is 48.0 Å². The Morgan fingerprint density at radius 2 is 1.96 bits per heavy atom. The Bertz CT molecular complexity index is 1650. The molecule has 1 aromatic heterocycles. The molecule has 3 heterocycles. The minimum atomic E-state index is -3.94. The summed E-state index contributed by atoms with van der Waals surface area (Å²) in [6.45, 7) is 5.35. The van der Waals surface area contributed by atoms with Crippen molar-refractivity contribution in [2.75, 3.05) is 18.0 Å². The number of amides is 1. The molecule has 11 heteroatoms. The topological polar surface area (TPSA) is 109 Å². The van der Waals surface area contributed by atoms with Crippen molar-refractivity contribution in [2.24, 2.45) is 17.8 Å². The number of anilines is 1. The lowest BCUT2D eigenvalue weighted by Gasteiger charge is -2.49. The van der Waals surface area contributed by atoms with Gasteiger partial charge in [-0.2, -0.15) is 0 Å². The fourth-order valence-corrected chi connectivity index (χ4v) is 9.65. The standard InChI is InChI=1S/C35H44ClN3O5S2/c1-23-6-5-14-35(41,20-33-37-15-17-45-33)30-12-9-27(30)21-39-16-4-3-7-25-18-29(36)11-8-28(25)22-44-32-13-10-26(19-31(32)39)34(40)38-46(42,43)24(23)2/h8,10-11,13,15,17-19,23-24,27,30,41H,3-7,9,12,14,16,20-22H2,1-2H3,(H,38,40)/t23-,24+,27-,30+,35+/m0/s1. The Kier molecular flexibility index (Phi) is 9.99. The maximum absolute atomic E-state index is 13.5. The van der Waals surface area contributed by atoms with Gasteiger partial charge in [0, 0.05) is 41.7 Å². The predicted molar refractivity (Wildman–Crippen MR) is 183 cm³/mol. The molecule has 0 radical (unpaired) electrons. The number of nitrogens with zero attached hydrogens (tertiary/aromatic N) is 2. The number of hydrogen-bond donors (Lipinski definition) is 2. The van der Waals surface area contributed by atoms with Crippen LogP contribution in [0.5, 0.6) is 5.75 Å². The molecule has 1 fully saturated rings. The largest absolute Gasteiger partial charge is 0.487 e. The molecule has 3 aromatic rings. The van der Waals surface area contributed by atoms with Gasteiger partial charge in [-0.15, -0.1) is 11.3 Å². The van der Waals surface area contributed by atoms with Gasteiger partial charge in [-0.1, -0.05) is 31.0 Å². The van der Waals surface area contributed by atoms with Crippen LogP contribution < -0.4 is 14.4 Å². The van der Waals surface area contributed by atoms with E-state index in [2.05, 4.69) is 14.6 Å². The molecular weight excluding hydrogens is 642 g/mol. The summed E-state index contributed by atoms with van der Waals surface area (Å²) in [6.07, 6.45) is 8.85. The number of aromatic nitrogens is 1. The fourth-order valence-electron chi connectivity index (χ4n) is 7.42. The van der Waals surface area contributed by atoms with Crippen LogP contribution in [-0.2, 0) is 29.5 Å². The first kappa shape index (κ1) is 33.2. The van der Waals surface area contributed by atoms with Crippen molar-refractivity contribution in [3.63, 3.8) is 0 Å². The third-order valence-electron chi connectivity index (χ3n) is 10.5. The summed E-state index contributed by atoms with van der Waals surface area (Å²) in [4.78, 5) is 20.3. The van der Waals surface area contributed by atoms with Crippen molar-refractivity contribution in [3.05, 3.63) is 74.7 Å². The number of ether oxygens (including phenoxy) is 1. The number of carbonyl (C=O) groups is 1. The zero-order valence-electron chi connectivity index (χ0n) is 26.6. The van der Waals surface area contributed by atoms with E-state index >= 15 is 0 Å². The predicted octanol–water partition coefficient (Wildman–Crippen LogP) is 6.79. The summed E-state index contributed by atoms with van der Waals surface area (Å²) < 4.78 is 35.6. The maximum atomic E-state index is 13.5. The Morgan fingerprint density at radius 1 is 1.11 bits per heavy atom. The van der Waals surface area contributed by atoms with Crippen LogP contribution in [0.4, 0.5) is 5.69 Å². The number of benzene rings is 2. The van der Waals surface area contributed by atoms with Gasteiger partial charge >= 0.3 is 0 Å². The van der Waals surface area contributed by atoms with Crippen LogP contribution in [0.1, 0.15) is 85.3 Å². The number of nitrogens with one attached hydrogen (secondary N) is 1. The monoisotopic (exact) mass is 685 g/mol. The van der Waals surface area contributed by atoms with Gasteiger partial charge in [0.25, 0.3) is 5.91 Å². The molecule has 8 nitrogen and oxygen atoms in total. The van der Waals surface area contributed by atoms with E-state index in [1.807, 2.05) is 30.5 Å². The molecule has 46 heavy (non-hydrogen) atoms. The highest BCUT2D eigenvalue weighted by Gasteiger charge is 2.47. The maximum Gasteiger partial charge on any atom is 0.264 e. The Hall–Kier alpha value is -2.66. The average molecular weight is 686 g/mol. The second kappa shape index (κ2) is 13.8. The molecule has 2 N–H and O–H groups in total. The zero-order chi connectivity index (χ0) is 32.5. The quantitative estimate of drug-likeness (QED) is 0.306. The summed E-state index contributed by atoms with van der Waals surface area (Å²) in [5.41, 5.74) is 2.34. The van der Waals surface area contributed by atoms with Gasteiger partial charge in [0.1, 0.15) is 12.4 Å². The molecule has 0 spiro atoms. The van der Waals surface area contributed by atoms with Crippen LogP contribution in [0, 0.1) is 17.8 Å². The first-order valence-corrected chi connectivity index (χ1v) is 19.3. The number of hydrogen-bond acceptors (Lipinski definition) is 8. The van der Waals surface area contributed by atoms with Crippen molar-refractivity contribution in [1.82, 2.24) is 9.71 Å². The molecule has 6 rings (SSSR count). The van der Waals surface area contributed by atoms with Gasteiger partial charge in [-0.25, -0.2) is 18.1 Å². The van der Waals surface area contributed by atoms with Crippen molar-refractivity contribution in [1.29, 1.82) is 0 Å². The van der Waals surface area contributed by atoms with Gasteiger partial charge < -0.3 is 14.7 Å². The molecule has 2 aliphatic heterocycles. The third kappa shape index (κ3) is 7.25. The lowest BCUT2D eigenvalue weighted by atomic mass is 9.62.